The molecule has 114 valence electrons. The monoisotopic (exact) mass is 324 g/mol. The molecule has 0 saturated carbocycles. The van der Waals surface area contributed by atoms with E-state index in [2.05, 4.69) is 34.4 Å². The third-order valence-electron chi connectivity index (χ3n) is 2.82. The van der Waals surface area contributed by atoms with Gasteiger partial charge in [-0.15, -0.1) is 11.3 Å². The number of thiazole rings is 2. The van der Waals surface area contributed by atoms with Crippen molar-refractivity contribution in [1.29, 1.82) is 0 Å². The molecule has 2 N–H and O–H groups in total. The van der Waals surface area contributed by atoms with Gasteiger partial charge in [0.2, 0.25) is 0 Å². The fraction of sp³-hybridized carbons (Fsp3) is 0.500. The van der Waals surface area contributed by atoms with Crippen molar-refractivity contribution in [2.24, 2.45) is 0 Å². The third kappa shape index (κ3) is 4.01. The van der Waals surface area contributed by atoms with Crippen molar-refractivity contribution < 1.29 is 4.79 Å². The van der Waals surface area contributed by atoms with E-state index < -0.39 is 0 Å². The molecule has 0 atom stereocenters. The van der Waals surface area contributed by atoms with E-state index in [0.717, 1.165) is 28.1 Å². The fourth-order valence-electron chi connectivity index (χ4n) is 1.75. The van der Waals surface area contributed by atoms with Crippen LogP contribution in [0, 0.1) is 6.92 Å². The Balaban J connectivity index is 1.97. The van der Waals surface area contributed by atoms with E-state index in [1.165, 1.54) is 11.3 Å². The topological polar surface area (TPSA) is 66.9 Å². The Hall–Kier alpha value is -1.47. The maximum atomic E-state index is 12.2. The van der Waals surface area contributed by atoms with Crippen molar-refractivity contribution in [3.05, 3.63) is 26.7 Å². The average molecular weight is 324 g/mol. The highest BCUT2D eigenvalue weighted by atomic mass is 32.1. The number of hydrogen-bond donors (Lipinski definition) is 2. The quantitative estimate of drug-likeness (QED) is 0.854. The van der Waals surface area contributed by atoms with Crippen LogP contribution in [0.15, 0.2) is 5.38 Å². The molecule has 0 spiro atoms. The van der Waals surface area contributed by atoms with Crippen molar-refractivity contribution in [1.82, 2.24) is 15.3 Å². The summed E-state index contributed by atoms with van der Waals surface area (Å²) in [5, 5.41) is 9.93. The zero-order chi connectivity index (χ0) is 15.4. The number of carbonyl (C=O) groups excluding carboxylic acids is 1. The Kier molecular flexibility index (Phi) is 5.30. The molecule has 1 amide bonds. The van der Waals surface area contributed by atoms with Gasteiger partial charge in [0, 0.05) is 17.8 Å². The van der Waals surface area contributed by atoms with Crippen LogP contribution < -0.4 is 10.6 Å². The van der Waals surface area contributed by atoms with E-state index in [0.29, 0.717) is 17.3 Å². The smallest absolute Gasteiger partial charge is 0.263 e. The van der Waals surface area contributed by atoms with E-state index in [4.69, 9.17) is 0 Å². The first-order valence-corrected chi connectivity index (χ1v) is 8.64. The Morgan fingerprint density at radius 3 is 2.76 bits per heavy atom. The van der Waals surface area contributed by atoms with Gasteiger partial charge in [0.1, 0.15) is 4.88 Å². The first kappa shape index (κ1) is 15.9. The molecule has 0 aromatic carbocycles. The highest BCUT2D eigenvalue weighted by Gasteiger charge is 2.15. The molecule has 2 aromatic rings. The Morgan fingerprint density at radius 1 is 1.38 bits per heavy atom. The molecule has 0 bridgehead atoms. The molecule has 0 unspecified atom stereocenters. The normalized spacial score (nSPS) is 10.9. The van der Waals surface area contributed by atoms with Gasteiger partial charge in [0.05, 0.1) is 22.9 Å². The van der Waals surface area contributed by atoms with Crippen LogP contribution >= 0.6 is 22.7 Å². The van der Waals surface area contributed by atoms with Crippen molar-refractivity contribution in [2.45, 2.75) is 40.2 Å². The molecule has 0 radical (unpaired) electrons. The summed E-state index contributed by atoms with van der Waals surface area (Å²) in [5.74, 6) is 0.333. The van der Waals surface area contributed by atoms with Crippen molar-refractivity contribution in [3.8, 4) is 0 Å². The Morgan fingerprint density at radius 2 is 2.14 bits per heavy atom. The molecule has 2 aromatic heterocycles. The van der Waals surface area contributed by atoms with Crippen molar-refractivity contribution in [2.75, 3.05) is 11.9 Å². The van der Waals surface area contributed by atoms with Gasteiger partial charge in [-0.25, -0.2) is 9.97 Å². The highest BCUT2D eigenvalue weighted by Crippen LogP contribution is 2.23. The summed E-state index contributed by atoms with van der Waals surface area (Å²) in [5.41, 5.74) is 1.67. The standard InChI is InChI=1S/C14H20N4OS2/c1-5-15-14-17-9(4)11(21-14)12(19)16-6-10-7-20-13(18-10)8(2)3/h7-8H,5-6H2,1-4H3,(H,15,17)(H,16,19). The molecule has 0 aliphatic rings. The number of rotatable bonds is 6. The number of hydrogen-bond acceptors (Lipinski definition) is 6. The molecule has 7 heteroatoms. The number of nitrogens with zero attached hydrogens (tertiary/aromatic N) is 2. The highest BCUT2D eigenvalue weighted by molar-refractivity contribution is 7.17. The predicted molar refractivity (Wildman–Crippen MR) is 88.4 cm³/mol. The number of carbonyl (C=O) groups is 1. The molecule has 21 heavy (non-hydrogen) atoms. The minimum Gasteiger partial charge on any atom is -0.362 e. The molecule has 0 aliphatic heterocycles. The van der Waals surface area contributed by atoms with Gasteiger partial charge in [0.25, 0.3) is 5.91 Å². The summed E-state index contributed by atoms with van der Waals surface area (Å²) in [4.78, 5) is 21.7. The second-order valence-electron chi connectivity index (χ2n) is 4.98. The average Bonchev–Trinajstić information content (AvgIpc) is 3.03. The number of anilines is 1. The molecular weight excluding hydrogens is 304 g/mol. The second-order valence-corrected chi connectivity index (χ2v) is 6.87. The lowest BCUT2D eigenvalue weighted by molar-refractivity contribution is 0.0953. The zero-order valence-electron chi connectivity index (χ0n) is 12.7. The number of aryl methyl sites for hydroxylation is 1. The summed E-state index contributed by atoms with van der Waals surface area (Å²) in [7, 11) is 0. The van der Waals surface area contributed by atoms with Crippen LogP contribution in [-0.2, 0) is 6.54 Å². The summed E-state index contributed by atoms with van der Waals surface area (Å²) < 4.78 is 0. The van der Waals surface area contributed by atoms with Crippen LogP contribution in [0.2, 0.25) is 0 Å². The van der Waals surface area contributed by atoms with Crippen LogP contribution in [-0.4, -0.2) is 22.4 Å². The number of amides is 1. The minimum absolute atomic E-state index is 0.0896. The van der Waals surface area contributed by atoms with Crippen LogP contribution in [0.1, 0.15) is 52.8 Å². The van der Waals surface area contributed by atoms with E-state index in [1.54, 1.807) is 11.3 Å². The van der Waals surface area contributed by atoms with Gasteiger partial charge in [-0.05, 0) is 13.8 Å². The lowest BCUT2D eigenvalue weighted by atomic mass is 10.2. The number of aromatic nitrogens is 2. The zero-order valence-corrected chi connectivity index (χ0v) is 14.3. The fourth-order valence-corrected chi connectivity index (χ4v) is 3.54. The first-order valence-electron chi connectivity index (χ1n) is 6.95. The summed E-state index contributed by atoms with van der Waals surface area (Å²) in [6.45, 7) is 9.34. The second kappa shape index (κ2) is 7.00. The third-order valence-corrected chi connectivity index (χ3v) is 5.13. The predicted octanol–water partition coefficient (Wildman–Crippen LogP) is 3.39. The molecular formula is C14H20N4OS2. The van der Waals surface area contributed by atoms with Gasteiger partial charge < -0.3 is 10.6 Å². The Bertz CT molecular complexity index is 618. The van der Waals surface area contributed by atoms with Gasteiger partial charge in [0.15, 0.2) is 5.13 Å². The van der Waals surface area contributed by atoms with Gasteiger partial charge >= 0.3 is 0 Å². The maximum absolute atomic E-state index is 12.2. The molecule has 0 aliphatic carbocycles. The van der Waals surface area contributed by atoms with E-state index in [9.17, 15) is 4.79 Å². The molecule has 2 heterocycles. The lowest BCUT2D eigenvalue weighted by Crippen LogP contribution is -2.22. The molecule has 0 saturated heterocycles. The van der Waals surface area contributed by atoms with E-state index in [-0.39, 0.29) is 5.91 Å². The Labute approximate surface area is 132 Å². The van der Waals surface area contributed by atoms with Crippen LogP contribution in [0.25, 0.3) is 0 Å². The van der Waals surface area contributed by atoms with Crippen molar-refractivity contribution in [3.63, 3.8) is 0 Å². The van der Waals surface area contributed by atoms with Gasteiger partial charge in [-0.2, -0.15) is 0 Å². The van der Waals surface area contributed by atoms with Crippen molar-refractivity contribution >= 4 is 33.7 Å². The van der Waals surface area contributed by atoms with Crippen LogP contribution in [0.4, 0.5) is 5.13 Å². The molecule has 0 fully saturated rings. The first-order chi connectivity index (χ1) is 10.0. The van der Waals surface area contributed by atoms with Crippen LogP contribution in [0.5, 0.6) is 0 Å². The van der Waals surface area contributed by atoms with E-state index in [1.807, 2.05) is 19.2 Å². The molecule has 5 nitrogen and oxygen atoms in total. The summed E-state index contributed by atoms with van der Waals surface area (Å²) in [6, 6.07) is 0. The van der Waals surface area contributed by atoms with Gasteiger partial charge in [-0.3, -0.25) is 4.79 Å². The summed E-state index contributed by atoms with van der Waals surface area (Å²) in [6.07, 6.45) is 0. The molecule has 2 rings (SSSR count). The van der Waals surface area contributed by atoms with Gasteiger partial charge in [-0.1, -0.05) is 25.2 Å². The maximum Gasteiger partial charge on any atom is 0.263 e. The van der Waals surface area contributed by atoms with Crippen LogP contribution in [0.3, 0.4) is 0 Å². The summed E-state index contributed by atoms with van der Waals surface area (Å²) >= 11 is 3.02. The van der Waals surface area contributed by atoms with E-state index >= 15 is 0 Å². The number of nitrogens with one attached hydrogen (secondary N) is 2. The minimum atomic E-state index is -0.0896. The largest absolute Gasteiger partial charge is 0.362 e. The SMILES string of the molecule is CCNc1nc(C)c(C(=O)NCc2csc(C(C)C)n2)s1. The lowest BCUT2D eigenvalue weighted by Gasteiger charge is -2.02.